The first-order chi connectivity index (χ1) is 8.24. The minimum absolute atomic E-state index is 0.0541. The van der Waals surface area contributed by atoms with Crippen LogP contribution in [0, 0.1) is 0 Å². The van der Waals surface area contributed by atoms with Gasteiger partial charge in [-0.25, -0.2) is 0 Å². The van der Waals surface area contributed by atoms with E-state index in [0.717, 1.165) is 13.0 Å². The summed E-state index contributed by atoms with van der Waals surface area (Å²) in [6.07, 6.45) is 3.56. The molecule has 1 aromatic heterocycles. The number of hydrogen-bond acceptors (Lipinski definition) is 3. The topological polar surface area (TPSA) is 32.3 Å². The van der Waals surface area contributed by atoms with Crippen LogP contribution in [0.2, 0.25) is 0 Å². The van der Waals surface area contributed by atoms with Crippen LogP contribution < -0.4 is 5.32 Å². The molecule has 0 saturated carbocycles. The van der Waals surface area contributed by atoms with E-state index in [9.17, 15) is 4.79 Å². The van der Waals surface area contributed by atoms with Gasteiger partial charge in [-0.05, 0) is 35.7 Å². The second-order valence-corrected chi connectivity index (χ2v) is 5.37. The summed E-state index contributed by atoms with van der Waals surface area (Å²) in [5, 5.41) is 7.55. The van der Waals surface area contributed by atoms with E-state index in [1.165, 1.54) is 18.4 Å². The SMILES string of the molecule is CCCCCN1C(=O)C(C)NC1c1ccsc1. The van der Waals surface area contributed by atoms with Gasteiger partial charge in [0.1, 0.15) is 6.17 Å². The third-order valence-corrected chi connectivity index (χ3v) is 3.94. The van der Waals surface area contributed by atoms with Crippen molar-refractivity contribution in [1.82, 2.24) is 10.2 Å². The van der Waals surface area contributed by atoms with E-state index in [2.05, 4.69) is 29.1 Å². The lowest BCUT2D eigenvalue weighted by molar-refractivity contribution is -0.129. The number of rotatable bonds is 5. The van der Waals surface area contributed by atoms with Gasteiger partial charge in [0.2, 0.25) is 5.91 Å². The number of hydrogen-bond donors (Lipinski definition) is 1. The van der Waals surface area contributed by atoms with Gasteiger partial charge in [-0.3, -0.25) is 10.1 Å². The van der Waals surface area contributed by atoms with Crippen LogP contribution in [0.5, 0.6) is 0 Å². The first-order valence-electron chi connectivity index (χ1n) is 6.32. The summed E-state index contributed by atoms with van der Waals surface area (Å²) in [4.78, 5) is 14.1. The van der Waals surface area contributed by atoms with E-state index in [-0.39, 0.29) is 18.1 Å². The van der Waals surface area contributed by atoms with Crippen LogP contribution in [0.25, 0.3) is 0 Å². The van der Waals surface area contributed by atoms with Gasteiger partial charge in [-0.1, -0.05) is 19.8 Å². The minimum atomic E-state index is -0.0541. The quantitative estimate of drug-likeness (QED) is 0.817. The zero-order valence-corrected chi connectivity index (χ0v) is 11.3. The number of amides is 1. The predicted molar refractivity (Wildman–Crippen MR) is 70.9 cm³/mol. The molecule has 1 fully saturated rings. The van der Waals surface area contributed by atoms with Crippen LogP contribution in [-0.2, 0) is 4.79 Å². The molecule has 0 aliphatic carbocycles. The van der Waals surface area contributed by atoms with Crippen molar-refractivity contribution in [1.29, 1.82) is 0 Å². The van der Waals surface area contributed by atoms with Crippen molar-refractivity contribution < 1.29 is 4.79 Å². The van der Waals surface area contributed by atoms with Crippen molar-refractivity contribution in [2.45, 2.75) is 45.3 Å². The number of carbonyl (C=O) groups is 1. The van der Waals surface area contributed by atoms with Crippen LogP contribution >= 0.6 is 11.3 Å². The van der Waals surface area contributed by atoms with Crippen LogP contribution in [0.4, 0.5) is 0 Å². The third-order valence-electron chi connectivity index (χ3n) is 3.23. The van der Waals surface area contributed by atoms with Crippen molar-refractivity contribution >= 4 is 17.2 Å². The molecule has 3 nitrogen and oxygen atoms in total. The Morgan fingerprint density at radius 2 is 2.29 bits per heavy atom. The summed E-state index contributed by atoms with van der Waals surface area (Å²) in [7, 11) is 0. The maximum atomic E-state index is 12.1. The largest absolute Gasteiger partial charge is 0.322 e. The summed E-state index contributed by atoms with van der Waals surface area (Å²) in [6.45, 7) is 5.00. The summed E-state index contributed by atoms with van der Waals surface area (Å²) in [5.41, 5.74) is 1.21. The molecule has 2 heterocycles. The first kappa shape index (κ1) is 12.6. The molecule has 1 amide bonds. The van der Waals surface area contributed by atoms with Gasteiger partial charge < -0.3 is 4.90 Å². The molecule has 0 radical (unpaired) electrons. The highest BCUT2D eigenvalue weighted by Crippen LogP contribution is 2.27. The molecule has 1 N–H and O–H groups in total. The number of carbonyl (C=O) groups excluding carboxylic acids is 1. The van der Waals surface area contributed by atoms with Crippen LogP contribution in [-0.4, -0.2) is 23.4 Å². The van der Waals surface area contributed by atoms with Gasteiger partial charge in [0.15, 0.2) is 0 Å². The van der Waals surface area contributed by atoms with E-state index < -0.39 is 0 Å². The lowest BCUT2D eigenvalue weighted by Gasteiger charge is -2.23. The van der Waals surface area contributed by atoms with E-state index in [0.29, 0.717) is 0 Å². The molecule has 2 atom stereocenters. The molecule has 17 heavy (non-hydrogen) atoms. The molecular weight excluding hydrogens is 232 g/mol. The fourth-order valence-electron chi connectivity index (χ4n) is 2.25. The minimum Gasteiger partial charge on any atom is -0.322 e. The maximum absolute atomic E-state index is 12.1. The molecule has 2 rings (SSSR count). The van der Waals surface area contributed by atoms with Crippen LogP contribution in [0.3, 0.4) is 0 Å². The molecular formula is C13H20N2OS. The van der Waals surface area contributed by atoms with Gasteiger partial charge in [-0.2, -0.15) is 11.3 Å². The predicted octanol–water partition coefficient (Wildman–Crippen LogP) is 2.76. The van der Waals surface area contributed by atoms with Gasteiger partial charge in [0.05, 0.1) is 6.04 Å². The second kappa shape index (κ2) is 5.65. The summed E-state index contributed by atoms with van der Waals surface area (Å²) in [6, 6.07) is 2.04. The Hall–Kier alpha value is -0.870. The molecule has 4 heteroatoms. The highest BCUT2D eigenvalue weighted by molar-refractivity contribution is 7.07. The lowest BCUT2D eigenvalue weighted by Crippen LogP contribution is -2.31. The highest BCUT2D eigenvalue weighted by Gasteiger charge is 2.36. The smallest absolute Gasteiger partial charge is 0.241 e. The average molecular weight is 252 g/mol. The summed E-state index contributed by atoms with van der Waals surface area (Å²) in [5.74, 6) is 0.234. The molecule has 1 aliphatic heterocycles. The molecule has 2 unspecified atom stereocenters. The third kappa shape index (κ3) is 2.69. The maximum Gasteiger partial charge on any atom is 0.241 e. The summed E-state index contributed by atoms with van der Waals surface area (Å²) < 4.78 is 0. The Labute approximate surface area is 107 Å². The monoisotopic (exact) mass is 252 g/mol. The van der Waals surface area contributed by atoms with Crippen molar-refractivity contribution in [3.63, 3.8) is 0 Å². The Morgan fingerprint density at radius 1 is 1.47 bits per heavy atom. The van der Waals surface area contributed by atoms with E-state index in [1.54, 1.807) is 11.3 Å². The Bertz CT molecular complexity index is 364. The van der Waals surface area contributed by atoms with Gasteiger partial charge in [-0.15, -0.1) is 0 Å². The normalized spacial score (nSPS) is 24.6. The van der Waals surface area contributed by atoms with Gasteiger partial charge >= 0.3 is 0 Å². The van der Waals surface area contributed by atoms with Crippen molar-refractivity contribution in [3.05, 3.63) is 22.4 Å². The standard InChI is InChI=1S/C13H20N2OS/c1-3-4-5-7-15-12(11-6-8-17-9-11)14-10(2)13(15)16/h6,8-10,12,14H,3-5,7H2,1-2H3. The van der Waals surface area contributed by atoms with E-state index in [1.807, 2.05) is 11.8 Å². The number of unbranched alkanes of at least 4 members (excludes halogenated alkanes) is 2. The van der Waals surface area contributed by atoms with Crippen molar-refractivity contribution in [3.8, 4) is 0 Å². The van der Waals surface area contributed by atoms with Crippen molar-refractivity contribution in [2.75, 3.05) is 6.54 Å². The fraction of sp³-hybridized carbons (Fsp3) is 0.615. The number of nitrogens with one attached hydrogen (secondary N) is 1. The van der Waals surface area contributed by atoms with Crippen LogP contribution in [0.1, 0.15) is 44.8 Å². The molecule has 0 aromatic carbocycles. The van der Waals surface area contributed by atoms with Gasteiger partial charge in [0, 0.05) is 6.54 Å². The number of thiophene rings is 1. The zero-order valence-electron chi connectivity index (χ0n) is 10.5. The zero-order chi connectivity index (χ0) is 12.3. The molecule has 1 saturated heterocycles. The Kier molecular flexibility index (Phi) is 4.18. The summed E-state index contributed by atoms with van der Waals surface area (Å²) >= 11 is 1.68. The van der Waals surface area contributed by atoms with Crippen LogP contribution in [0.15, 0.2) is 16.8 Å². The fourth-order valence-corrected chi connectivity index (χ4v) is 2.93. The Morgan fingerprint density at radius 3 is 2.94 bits per heavy atom. The van der Waals surface area contributed by atoms with Crippen molar-refractivity contribution in [2.24, 2.45) is 0 Å². The number of nitrogens with zero attached hydrogens (tertiary/aromatic N) is 1. The molecule has 94 valence electrons. The molecule has 1 aliphatic rings. The molecule has 1 aromatic rings. The molecule has 0 spiro atoms. The molecule has 0 bridgehead atoms. The van der Waals surface area contributed by atoms with Gasteiger partial charge in [0.25, 0.3) is 0 Å². The lowest BCUT2D eigenvalue weighted by atomic mass is 10.2. The van der Waals surface area contributed by atoms with E-state index >= 15 is 0 Å². The highest BCUT2D eigenvalue weighted by atomic mass is 32.1. The Balaban J connectivity index is 2.05. The first-order valence-corrected chi connectivity index (χ1v) is 7.27. The average Bonchev–Trinajstić information content (AvgIpc) is 2.92. The van der Waals surface area contributed by atoms with E-state index in [4.69, 9.17) is 0 Å². The second-order valence-electron chi connectivity index (χ2n) is 4.59.